The lowest BCUT2D eigenvalue weighted by atomic mass is 10.1. The summed E-state index contributed by atoms with van der Waals surface area (Å²) in [5.74, 6) is -3.43. The number of ketones is 1. The van der Waals surface area contributed by atoms with E-state index < -0.39 is 28.0 Å². The van der Waals surface area contributed by atoms with Crippen LogP contribution in [-0.2, 0) is 4.79 Å². The molecule has 1 aromatic heterocycles. The molecule has 2 rings (SSSR count). The Kier molecular flexibility index (Phi) is 2.24. The van der Waals surface area contributed by atoms with Crippen LogP contribution in [0.2, 0.25) is 0 Å². The van der Waals surface area contributed by atoms with Gasteiger partial charge in [-0.2, -0.15) is 0 Å². The van der Waals surface area contributed by atoms with Crippen molar-refractivity contribution in [2.45, 2.75) is 0 Å². The third-order valence-corrected chi connectivity index (χ3v) is 2.68. The number of rotatable bonds is 2. The lowest BCUT2D eigenvalue weighted by molar-refractivity contribution is -0.131. The maximum absolute atomic E-state index is 11.1. The molecule has 0 saturated heterocycles. The second kappa shape index (κ2) is 3.46. The number of carbonyl (C=O) groups excluding carboxylic acids is 1. The van der Waals surface area contributed by atoms with Crippen LogP contribution in [0.3, 0.4) is 0 Å². The molecule has 2 aromatic rings. The van der Waals surface area contributed by atoms with Gasteiger partial charge in [0.1, 0.15) is 5.75 Å². The normalized spacial score (nSPS) is 10.5. The minimum absolute atomic E-state index is 0.0809. The van der Waals surface area contributed by atoms with Crippen molar-refractivity contribution in [3.63, 3.8) is 0 Å². The molecular formula is C9H4O6S. The molecule has 1 heterocycles. The monoisotopic (exact) mass is 240 g/mol. The van der Waals surface area contributed by atoms with E-state index in [0.29, 0.717) is 4.70 Å². The quantitative estimate of drug-likeness (QED) is 0.595. The van der Waals surface area contributed by atoms with Crippen LogP contribution >= 0.6 is 11.3 Å². The fourth-order valence-electron chi connectivity index (χ4n) is 1.21. The van der Waals surface area contributed by atoms with Crippen molar-refractivity contribution in [3.8, 4) is 5.75 Å². The van der Waals surface area contributed by atoms with Crippen molar-refractivity contribution >= 4 is 33.4 Å². The zero-order valence-corrected chi connectivity index (χ0v) is 8.41. The van der Waals surface area contributed by atoms with Crippen LogP contribution in [0.5, 0.6) is 5.75 Å². The van der Waals surface area contributed by atoms with Crippen LogP contribution in [0.15, 0.2) is 21.3 Å². The topological polar surface area (TPSA) is 105 Å². The van der Waals surface area contributed by atoms with E-state index in [1.165, 1.54) is 0 Å². The zero-order valence-electron chi connectivity index (χ0n) is 7.59. The van der Waals surface area contributed by atoms with Crippen molar-refractivity contribution in [3.05, 3.63) is 27.4 Å². The van der Waals surface area contributed by atoms with Crippen molar-refractivity contribution in [1.82, 2.24) is 0 Å². The van der Waals surface area contributed by atoms with E-state index in [0.717, 1.165) is 23.5 Å². The number of hydrogen-bond acceptors (Lipinski definition) is 6. The third kappa shape index (κ3) is 1.57. The predicted octanol–water partition coefficient (Wildman–Crippen LogP) is 0.827. The van der Waals surface area contributed by atoms with Gasteiger partial charge >= 0.3 is 10.9 Å². The van der Waals surface area contributed by atoms with Gasteiger partial charge in [0.2, 0.25) is 0 Å². The molecule has 0 bridgehead atoms. The molecule has 0 aliphatic heterocycles. The van der Waals surface area contributed by atoms with Gasteiger partial charge in [0.25, 0.3) is 5.78 Å². The molecule has 0 aliphatic rings. The van der Waals surface area contributed by atoms with Crippen LogP contribution in [0.4, 0.5) is 0 Å². The Morgan fingerprint density at radius 1 is 1.31 bits per heavy atom. The summed E-state index contributed by atoms with van der Waals surface area (Å²) in [4.78, 5) is 31.9. The minimum Gasteiger partial charge on any atom is -0.507 e. The molecule has 0 saturated carbocycles. The van der Waals surface area contributed by atoms with Gasteiger partial charge in [-0.3, -0.25) is 4.79 Å². The van der Waals surface area contributed by atoms with Gasteiger partial charge < -0.3 is 14.6 Å². The van der Waals surface area contributed by atoms with Crippen molar-refractivity contribution < 1.29 is 24.2 Å². The van der Waals surface area contributed by atoms with E-state index in [1.54, 1.807) is 0 Å². The second-order valence-electron chi connectivity index (χ2n) is 2.90. The van der Waals surface area contributed by atoms with Crippen molar-refractivity contribution in [1.29, 1.82) is 0 Å². The number of phenols is 1. The number of aromatic hydroxyl groups is 1. The van der Waals surface area contributed by atoms with E-state index >= 15 is 0 Å². The number of carboxylic acid groups (broad SMARTS) is 1. The molecule has 0 amide bonds. The Morgan fingerprint density at radius 3 is 2.62 bits per heavy atom. The first-order valence-corrected chi connectivity index (χ1v) is 4.85. The van der Waals surface area contributed by atoms with Gasteiger partial charge in [0.15, 0.2) is 5.58 Å². The molecule has 0 atom stereocenters. The van der Waals surface area contributed by atoms with Crippen LogP contribution in [0.1, 0.15) is 10.4 Å². The van der Waals surface area contributed by atoms with Crippen LogP contribution in [-0.4, -0.2) is 22.0 Å². The highest BCUT2D eigenvalue weighted by molar-refractivity contribution is 7.16. The average molecular weight is 240 g/mol. The largest absolute Gasteiger partial charge is 0.507 e. The molecule has 6 nitrogen and oxygen atoms in total. The highest BCUT2D eigenvalue weighted by atomic mass is 32.1. The number of fused-ring (bicyclic) bond motifs is 1. The molecule has 0 spiro atoms. The van der Waals surface area contributed by atoms with E-state index in [-0.39, 0.29) is 5.58 Å². The van der Waals surface area contributed by atoms with Gasteiger partial charge in [0, 0.05) is 6.07 Å². The van der Waals surface area contributed by atoms with Crippen LogP contribution < -0.4 is 4.94 Å². The fourth-order valence-corrected chi connectivity index (χ4v) is 1.89. The molecule has 0 fully saturated rings. The van der Waals surface area contributed by atoms with Crippen LogP contribution in [0, 0.1) is 0 Å². The molecule has 0 aliphatic carbocycles. The van der Waals surface area contributed by atoms with E-state index in [2.05, 4.69) is 0 Å². The first-order valence-electron chi connectivity index (χ1n) is 4.03. The number of phenolic OH excluding ortho intramolecular Hbond substituents is 1. The number of carboxylic acids is 1. The lowest BCUT2D eigenvalue weighted by Crippen LogP contribution is -2.12. The highest BCUT2D eigenvalue weighted by Crippen LogP contribution is 2.27. The Hall–Kier alpha value is -2.15. The Bertz CT molecular complexity index is 650. The summed E-state index contributed by atoms with van der Waals surface area (Å²) in [5, 5.41) is 17.9. The first-order chi connectivity index (χ1) is 7.49. The van der Waals surface area contributed by atoms with E-state index in [4.69, 9.17) is 9.52 Å². The van der Waals surface area contributed by atoms with Gasteiger partial charge in [0.05, 0.1) is 10.3 Å². The number of carbonyl (C=O) groups is 2. The minimum atomic E-state index is -1.69. The van der Waals surface area contributed by atoms with Gasteiger partial charge in [-0.1, -0.05) is 11.3 Å². The average Bonchev–Trinajstić information content (AvgIpc) is 2.54. The van der Waals surface area contributed by atoms with Crippen molar-refractivity contribution in [2.24, 2.45) is 0 Å². The Labute approximate surface area is 91.4 Å². The molecule has 0 radical (unpaired) electrons. The molecule has 7 heteroatoms. The molecule has 82 valence electrons. The summed E-state index contributed by atoms with van der Waals surface area (Å²) in [7, 11) is 0. The maximum Gasteiger partial charge on any atom is 0.396 e. The zero-order chi connectivity index (χ0) is 11.9. The number of hydrogen-bond donors (Lipinski definition) is 2. The summed E-state index contributed by atoms with van der Waals surface area (Å²) in [6.07, 6.45) is 0. The highest BCUT2D eigenvalue weighted by Gasteiger charge is 2.20. The molecule has 2 N–H and O–H groups in total. The molecule has 1 aromatic carbocycles. The standard InChI is InChI=1S/C9H4O6S/c10-4-2-6-5(15-9(14)16-6)1-3(4)7(11)8(12)13/h1-2,10H,(H,12,13). The number of aliphatic carboxylic acids is 1. The van der Waals surface area contributed by atoms with E-state index in [1.807, 2.05) is 0 Å². The van der Waals surface area contributed by atoms with Crippen molar-refractivity contribution in [2.75, 3.05) is 0 Å². The van der Waals surface area contributed by atoms with Gasteiger partial charge in [-0.25, -0.2) is 9.59 Å². The molecule has 16 heavy (non-hydrogen) atoms. The lowest BCUT2D eigenvalue weighted by Gasteiger charge is -1.99. The SMILES string of the molecule is O=C(O)C(=O)c1cc2oc(=O)sc2cc1O. The Morgan fingerprint density at radius 2 is 2.00 bits per heavy atom. The number of benzene rings is 1. The van der Waals surface area contributed by atoms with Crippen LogP contribution in [0.25, 0.3) is 10.3 Å². The summed E-state index contributed by atoms with van der Waals surface area (Å²) in [6, 6.07) is 2.17. The summed E-state index contributed by atoms with van der Waals surface area (Å²) >= 11 is 0.754. The smallest absolute Gasteiger partial charge is 0.396 e. The molecule has 0 unspecified atom stereocenters. The van der Waals surface area contributed by atoms with E-state index in [9.17, 15) is 19.5 Å². The Balaban J connectivity index is 2.71. The first kappa shape index (κ1) is 10.4. The fraction of sp³-hybridized carbons (Fsp3) is 0. The number of Topliss-reactive ketones (excluding diaryl/α,β-unsaturated/α-hetero) is 1. The molecular weight excluding hydrogens is 236 g/mol. The third-order valence-electron chi connectivity index (χ3n) is 1.89. The maximum atomic E-state index is 11.1. The summed E-state index contributed by atoms with van der Waals surface area (Å²) in [6.45, 7) is 0. The van der Waals surface area contributed by atoms with Gasteiger partial charge in [-0.05, 0) is 6.07 Å². The summed E-state index contributed by atoms with van der Waals surface area (Å²) in [5.41, 5.74) is -0.320. The van der Waals surface area contributed by atoms with Gasteiger partial charge in [-0.15, -0.1) is 0 Å². The predicted molar refractivity (Wildman–Crippen MR) is 54.0 cm³/mol. The summed E-state index contributed by atoms with van der Waals surface area (Å²) < 4.78 is 5.05. The second-order valence-corrected chi connectivity index (χ2v) is 3.88.